The molecule has 0 saturated heterocycles. The molecule has 1 atom stereocenters. The molecule has 0 radical (unpaired) electrons. The summed E-state index contributed by atoms with van der Waals surface area (Å²) in [4.78, 5) is 24.7. The molecule has 1 N–H and O–H groups in total. The van der Waals surface area contributed by atoms with Gasteiger partial charge < -0.3 is 5.32 Å². The van der Waals surface area contributed by atoms with Crippen molar-refractivity contribution in [1.82, 2.24) is 5.32 Å². The second-order valence-corrected chi connectivity index (χ2v) is 2.31. The third kappa shape index (κ3) is 1.16. The standard InChI is InChI=1S/C5H5ClN2O2/c1-2-3(9)7-5(6)8-4(2)10/h2H,1H3,(H,7,8,9,10). The summed E-state index contributed by atoms with van der Waals surface area (Å²) in [5.41, 5.74) is 0. The minimum absolute atomic E-state index is 0.145. The van der Waals surface area contributed by atoms with Crippen LogP contribution in [0.3, 0.4) is 0 Å². The molecule has 1 aliphatic rings. The van der Waals surface area contributed by atoms with Gasteiger partial charge in [0.05, 0.1) is 0 Å². The van der Waals surface area contributed by atoms with Crippen molar-refractivity contribution < 1.29 is 9.59 Å². The molecular weight excluding hydrogens is 156 g/mol. The van der Waals surface area contributed by atoms with E-state index in [0.717, 1.165) is 0 Å². The average Bonchev–Trinajstić information content (AvgIpc) is 1.82. The van der Waals surface area contributed by atoms with E-state index in [0.29, 0.717) is 0 Å². The first-order valence-electron chi connectivity index (χ1n) is 2.70. The minimum Gasteiger partial charge on any atom is -0.300 e. The van der Waals surface area contributed by atoms with Crippen molar-refractivity contribution in [3.8, 4) is 0 Å². The lowest BCUT2D eigenvalue weighted by Crippen LogP contribution is -2.40. The average molecular weight is 161 g/mol. The lowest BCUT2D eigenvalue weighted by Gasteiger charge is -2.11. The fourth-order valence-electron chi connectivity index (χ4n) is 0.544. The fourth-order valence-corrected chi connectivity index (χ4v) is 0.720. The molecule has 0 fully saturated rings. The van der Waals surface area contributed by atoms with Crippen LogP contribution in [-0.2, 0) is 9.59 Å². The highest BCUT2D eigenvalue weighted by Gasteiger charge is 2.26. The highest BCUT2D eigenvalue weighted by molar-refractivity contribution is 6.67. The molecule has 5 heteroatoms. The Morgan fingerprint density at radius 3 is 2.70 bits per heavy atom. The first-order chi connectivity index (χ1) is 4.61. The molecule has 2 amide bonds. The van der Waals surface area contributed by atoms with Gasteiger partial charge >= 0.3 is 0 Å². The van der Waals surface area contributed by atoms with Gasteiger partial charge in [-0.25, -0.2) is 0 Å². The number of hydrogen-bond acceptors (Lipinski definition) is 2. The van der Waals surface area contributed by atoms with Gasteiger partial charge in [-0.05, 0) is 18.5 Å². The fraction of sp³-hybridized carbons (Fsp3) is 0.400. The molecule has 0 aromatic carbocycles. The third-order valence-electron chi connectivity index (χ3n) is 1.20. The maximum Gasteiger partial charge on any atom is 0.260 e. The van der Waals surface area contributed by atoms with E-state index in [2.05, 4.69) is 10.3 Å². The first-order valence-corrected chi connectivity index (χ1v) is 3.08. The topological polar surface area (TPSA) is 58.5 Å². The second-order valence-electron chi connectivity index (χ2n) is 1.95. The zero-order valence-electron chi connectivity index (χ0n) is 5.22. The van der Waals surface area contributed by atoms with E-state index in [1.807, 2.05) is 0 Å². The predicted octanol–water partition coefficient (Wildman–Crippen LogP) is -0.126. The van der Waals surface area contributed by atoms with Gasteiger partial charge in [0.15, 0.2) is 0 Å². The molecule has 1 aliphatic heterocycles. The van der Waals surface area contributed by atoms with E-state index < -0.39 is 17.7 Å². The molecule has 4 nitrogen and oxygen atoms in total. The van der Waals surface area contributed by atoms with Crippen molar-refractivity contribution in [1.29, 1.82) is 0 Å². The van der Waals surface area contributed by atoms with Gasteiger partial charge in [0.1, 0.15) is 5.92 Å². The number of aliphatic imine (C=N–C) groups is 1. The van der Waals surface area contributed by atoms with E-state index >= 15 is 0 Å². The number of amides is 2. The summed E-state index contributed by atoms with van der Waals surface area (Å²) < 4.78 is 0. The van der Waals surface area contributed by atoms with Crippen LogP contribution in [0, 0.1) is 5.92 Å². The van der Waals surface area contributed by atoms with Crippen molar-refractivity contribution in [2.75, 3.05) is 0 Å². The Bertz CT molecular complexity index is 224. The number of carbonyl (C=O) groups excluding carboxylic acids is 2. The molecule has 0 spiro atoms. The quantitative estimate of drug-likeness (QED) is 0.397. The summed E-state index contributed by atoms with van der Waals surface area (Å²) in [5, 5.41) is 2.07. The molecule has 0 saturated carbocycles. The van der Waals surface area contributed by atoms with E-state index in [9.17, 15) is 9.59 Å². The maximum atomic E-state index is 10.7. The molecule has 0 aromatic heterocycles. The minimum atomic E-state index is -0.706. The number of amidine groups is 1. The molecule has 0 aromatic rings. The van der Waals surface area contributed by atoms with Crippen LogP contribution in [0.4, 0.5) is 0 Å². The monoisotopic (exact) mass is 160 g/mol. The number of nitrogens with zero attached hydrogens (tertiary/aromatic N) is 1. The smallest absolute Gasteiger partial charge is 0.260 e. The molecule has 54 valence electrons. The highest BCUT2D eigenvalue weighted by atomic mass is 35.5. The molecular formula is C5H5ClN2O2. The summed E-state index contributed by atoms with van der Waals surface area (Å²) >= 11 is 5.27. The van der Waals surface area contributed by atoms with Crippen LogP contribution in [0.25, 0.3) is 0 Å². The van der Waals surface area contributed by atoms with Crippen LogP contribution in [0.1, 0.15) is 6.92 Å². The van der Waals surface area contributed by atoms with Crippen LogP contribution in [-0.4, -0.2) is 17.1 Å². The van der Waals surface area contributed by atoms with Gasteiger partial charge in [0, 0.05) is 0 Å². The van der Waals surface area contributed by atoms with Gasteiger partial charge in [-0.15, -0.1) is 0 Å². The van der Waals surface area contributed by atoms with Gasteiger partial charge in [-0.3, -0.25) is 9.59 Å². The summed E-state index contributed by atoms with van der Waals surface area (Å²) in [7, 11) is 0. The Morgan fingerprint density at radius 2 is 2.20 bits per heavy atom. The number of halogens is 1. The number of hydrogen-bond donors (Lipinski definition) is 1. The largest absolute Gasteiger partial charge is 0.300 e. The van der Waals surface area contributed by atoms with E-state index in [4.69, 9.17) is 11.6 Å². The third-order valence-corrected chi connectivity index (χ3v) is 1.38. The SMILES string of the molecule is CC1C(=O)N=C(Cl)NC1=O. The Hall–Kier alpha value is -0.900. The lowest BCUT2D eigenvalue weighted by atomic mass is 10.1. The zero-order valence-corrected chi connectivity index (χ0v) is 5.97. The van der Waals surface area contributed by atoms with E-state index in [-0.39, 0.29) is 5.29 Å². The van der Waals surface area contributed by atoms with Crippen molar-refractivity contribution >= 4 is 28.7 Å². The Morgan fingerprint density at radius 1 is 1.60 bits per heavy atom. The summed E-state index contributed by atoms with van der Waals surface area (Å²) in [6.45, 7) is 1.48. The van der Waals surface area contributed by atoms with Gasteiger partial charge in [0.25, 0.3) is 5.91 Å². The molecule has 0 aliphatic carbocycles. The lowest BCUT2D eigenvalue weighted by molar-refractivity contribution is -0.132. The predicted molar refractivity (Wildman–Crippen MR) is 35.6 cm³/mol. The number of carbonyl (C=O) groups is 2. The summed E-state index contributed by atoms with van der Waals surface area (Å²) in [6, 6.07) is 0. The molecule has 1 heterocycles. The van der Waals surface area contributed by atoms with Crippen LogP contribution >= 0.6 is 11.6 Å². The second kappa shape index (κ2) is 2.38. The van der Waals surface area contributed by atoms with Gasteiger partial charge in [0.2, 0.25) is 11.2 Å². The van der Waals surface area contributed by atoms with E-state index in [1.54, 1.807) is 0 Å². The summed E-state index contributed by atoms with van der Waals surface area (Å²) in [6.07, 6.45) is 0. The van der Waals surface area contributed by atoms with Crippen molar-refractivity contribution in [2.24, 2.45) is 10.9 Å². The van der Waals surface area contributed by atoms with Crippen LogP contribution in [0.15, 0.2) is 4.99 Å². The zero-order chi connectivity index (χ0) is 7.72. The first kappa shape index (κ1) is 7.21. The molecule has 1 rings (SSSR count). The van der Waals surface area contributed by atoms with Crippen molar-refractivity contribution in [3.05, 3.63) is 0 Å². The molecule has 0 bridgehead atoms. The molecule has 10 heavy (non-hydrogen) atoms. The number of nitrogens with one attached hydrogen (secondary N) is 1. The van der Waals surface area contributed by atoms with Crippen molar-refractivity contribution in [3.63, 3.8) is 0 Å². The normalized spacial score (nSPS) is 25.8. The Kier molecular flexibility index (Phi) is 1.72. The van der Waals surface area contributed by atoms with E-state index in [1.165, 1.54) is 6.92 Å². The Labute approximate surface area is 62.3 Å². The van der Waals surface area contributed by atoms with Crippen molar-refractivity contribution in [2.45, 2.75) is 6.92 Å². The van der Waals surface area contributed by atoms with Crippen LogP contribution < -0.4 is 5.32 Å². The Balaban J connectivity index is 2.89. The van der Waals surface area contributed by atoms with Gasteiger partial charge in [-0.1, -0.05) is 0 Å². The molecule has 1 unspecified atom stereocenters. The van der Waals surface area contributed by atoms with Crippen LogP contribution in [0.2, 0.25) is 0 Å². The van der Waals surface area contributed by atoms with Crippen LogP contribution in [0.5, 0.6) is 0 Å². The maximum absolute atomic E-state index is 10.7. The van der Waals surface area contributed by atoms with Gasteiger partial charge in [-0.2, -0.15) is 4.99 Å². The highest BCUT2D eigenvalue weighted by Crippen LogP contribution is 2.04. The summed E-state index contributed by atoms with van der Waals surface area (Å²) in [5.74, 6) is -1.60. The number of rotatable bonds is 0.